The fraction of sp³-hybridized carbons (Fsp3) is 0.167. The Morgan fingerprint density at radius 1 is 1.12 bits per heavy atom. The number of carbonyl (C=O) groups excluding carboxylic acids is 3. The highest BCUT2D eigenvalue weighted by Gasteiger charge is 2.17. The van der Waals surface area contributed by atoms with Gasteiger partial charge in [0.1, 0.15) is 0 Å². The molecule has 2 aromatic carbocycles. The van der Waals surface area contributed by atoms with E-state index in [9.17, 15) is 24.5 Å². The molecule has 0 saturated heterocycles. The molecule has 1 amide bonds. The van der Waals surface area contributed by atoms with Crippen molar-refractivity contribution < 1.29 is 24.0 Å². The number of esters is 1. The molecule has 0 aromatic heterocycles. The van der Waals surface area contributed by atoms with Gasteiger partial charge in [-0.05, 0) is 25.1 Å². The largest absolute Gasteiger partial charge is 0.454 e. The Balaban J connectivity index is 2.05. The van der Waals surface area contributed by atoms with Crippen molar-refractivity contribution in [1.82, 2.24) is 0 Å². The van der Waals surface area contributed by atoms with E-state index in [1.807, 2.05) is 0 Å². The monoisotopic (exact) mass is 356 g/mol. The number of nitro groups is 1. The van der Waals surface area contributed by atoms with E-state index in [1.54, 1.807) is 19.1 Å². The Kier molecular flexibility index (Phi) is 5.79. The summed E-state index contributed by atoms with van der Waals surface area (Å²) < 4.78 is 4.96. The lowest BCUT2D eigenvalue weighted by Crippen LogP contribution is -2.15. The van der Waals surface area contributed by atoms with Gasteiger partial charge in [0, 0.05) is 29.8 Å². The third-order valence-electron chi connectivity index (χ3n) is 3.48. The summed E-state index contributed by atoms with van der Waals surface area (Å²) >= 11 is 0. The van der Waals surface area contributed by atoms with Crippen LogP contribution in [-0.4, -0.2) is 29.2 Å². The van der Waals surface area contributed by atoms with Gasteiger partial charge in [-0.1, -0.05) is 18.2 Å². The van der Waals surface area contributed by atoms with Crippen molar-refractivity contribution in [2.45, 2.75) is 13.8 Å². The predicted octanol–water partition coefficient (Wildman–Crippen LogP) is 2.90. The van der Waals surface area contributed by atoms with Crippen LogP contribution >= 0.6 is 0 Å². The van der Waals surface area contributed by atoms with E-state index in [0.29, 0.717) is 11.3 Å². The molecule has 0 aliphatic carbocycles. The van der Waals surface area contributed by atoms with Gasteiger partial charge in [-0.15, -0.1) is 0 Å². The molecule has 0 atom stereocenters. The van der Waals surface area contributed by atoms with E-state index in [1.165, 1.54) is 31.2 Å². The molecule has 0 bridgehead atoms. The number of hydrogen-bond donors (Lipinski definition) is 1. The first kappa shape index (κ1) is 18.8. The Morgan fingerprint density at radius 3 is 2.50 bits per heavy atom. The Labute approximate surface area is 148 Å². The van der Waals surface area contributed by atoms with Crippen molar-refractivity contribution in [3.63, 3.8) is 0 Å². The third-order valence-corrected chi connectivity index (χ3v) is 3.48. The van der Waals surface area contributed by atoms with Gasteiger partial charge in [0.15, 0.2) is 6.61 Å². The number of nitrogens with one attached hydrogen (secondary N) is 1. The molecule has 0 heterocycles. The maximum absolute atomic E-state index is 12.1. The SMILES string of the molecule is CC(=O)Nc1cccc(C(=O)OCC(=O)c2ccc(C)c([N+](=O)[O-])c2)c1. The van der Waals surface area contributed by atoms with Gasteiger partial charge in [-0.3, -0.25) is 19.7 Å². The lowest BCUT2D eigenvalue weighted by molar-refractivity contribution is -0.385. The van der Waals surface area contributed by atoms with Crippen LogP contribution in [0.5, 0.6) is 0 Å². The fourth-order valence-corrected chi connectivity index (χ4v) is 2.20. The molecule has 134 valence electrons. The number of Topliss-reactive ketones (excluding diaryl/α,β-unsaturated/α-hetero) is 1. The van der Waals surface area contributed by atoms with E-state index < -0.39 is 23.3 Å². The van der Waals surface area contributed by atoms with Crippen LogP contribution in [0.1, 0.15) is 33.2 Å². The normalized spacial score (nSPS) is 10.1. The average Bonchev–Trinajstić information content (AvgIpc) is 2.59. The molecule has 8 heteroatoms. The minimum absolute atomic E-state index is 0.0853. The topological polar surface area (TPSA) is 116 Å². The standard InChI is InChI=1S/C18H16N2O6/c1-11-6-7-13(9-16(11)20(24)25)17(22)10-26-18(23)14-4-3-5-15(8-14)19-12(2)21/h3-9H,10H2,1-2H3,(H,19,21). The van der Waals surface area contributed by atoms with Crippen molar-refractivity contribution in [2.75, 3.05) is 11.9 Å². The van der Waals surface area contributed by atoms with Crippen molar-refractivity contribution in [2.24, 2.45) is 0 Å². The highest BCUT2D eigenvalue weighted by atomic mass is 16.6. The van der Waals surface area contributed by atoms with Crippen molar-refractivity contribution in [3.8, 4) is 0 Å². The summed E-state index contributed by atoms with van der Waals surface area (Å²) in [5.74, 6) is -1.58. The smallest absolute Gasteiger partial charge is 0.338 e. The molecule has 8 nitrogen and oxygen atoms in total. The van der Waals surface area contributed by atoms with E-state index in [-0.39, 0.29) is 22.7 Å². The number of benzene rings is 2. The number of nitrogens with zero attached hydrogens (tertiary/aromatic N) is 1. The van der Waals surface area contributed by atoms with Crippen LogP contribution in [0, 0.1) is 17.0 Å². The zero-order chi connectivity index (χ0) is 19.3. The predicted molar refractivity (Wildman–Crippen MR) is 93.2 cm³/mol. The molecular weight excluding hydrogens is 340 g/mol. The molecule has 0 fully saturated rings. The van der Waals surface area contributed by atoms with Crippen LogP contribution in [0.2, 0.25) is 0 Å². The summed E-state index contributed by atoms with van der Waals surface area (Å²) in [7, 11) is 0. The summed E-state index contributed by atoms with van der Waals surface area (Å²) in [5, 5.41) is 13.5. The first-order chi connectivity index (χ1) is 12.3. The molecule has 2 aromatic rings. The van der Waals surface area contributed by atoms with Crippen molar-refractivity contribution >= 4 is 29.0 Å². The zero-order valence-electron chi connectivity index (χ0n) is 14.1. The third kappa shape index (κ3) is 4.73. The second kappa shape index (κ2) is 8.02. The minimum atomic E-state index is -0.743. The first-order valence-corrected chi connectivity index (χ1v) is 7.61. The van der Waals surface area contributed by atoms with E-state index in [0.717, 1.165) is 6.07 Å². The van der Waals surface area contributed by atoms with Crippen LogP contribution in [-0.2, 0) is 9.53 Å². The van der Waals surface area contributed by atoms with Crippen LogP contribution in [0.3, 0.4) is 0 Å². The summed E-state index contributed by atoms with van der Waals surface area (Å²) in [4.78, 5) is 45.6. The Hall–Kier alpha value is -3.55. The van der Waals surface area contributed by atoms with Crippen LogP contribution < -0.4 is 5.32 Å². The number of amides is 1. The summed E-state index contributed by atoms with van der Waals surface area (Å²) in [6.45, 7) is 2.35. The lowest BCUT2D eigenvalue weighted by Gasteiger charge is -2.07. The molecular formula is C18H16N2O6. The van der Waals surface area contributed by atoms with E-state index >= 15 is 0 Å². The number of carbonyl (C=O) groups is 3. The molecule has 0 unspecified atom stereocenters. The molecule has 0 aliphatic heterocycles. The highest BCUT2D eigenvalue weighted by molar-refractivity contribution is 6.00. The molecule has 2 rings (SSSR count). The zero-order valence-corrected chi connectivity index (χ0v) is 14.1. The van der Waals surface area contributed by atoms with Gasteiger partial charge in [0.25, 0.3) is 5.69 Å². The van der Waals surface area contributed by atoms with Crippen molar-refractivity contribution in [1.29, 1.82) is 0 Å². The first-order valence-electron chi connectivity index (χ1n) is 7.61. The van der Waals surface area contributed by atoms with Gasteiger partial charge in [0.05, 0.1) is 10.5 Å². The quantitative estimate of drug-likeness (QED) is 0.368. The highest BCUT2D eigenvalue weighted by Crippen LogP contribution is 2.20. The van der Waals surface area contributed by atoms with Gasteiger partial charge < -0.3 is 10.1 Å². The number of anilines is 1. The number of ketones is 1. The van der Waals surface area contributed by atoms with Gasteiger partial charge >= 0.3 is 5.97 Å². The molecule has 0 aliphatic rings. The summed E-state index contributed by atoms with van der Waals surface area (Å²) in [6.07, 6.45) is 0. The number of aryl methyl sites for hydroxylation is 1. The Bertz CT molecular complexity index is 891. The molecule has 1 N–H and O–H groups in total. The second-order valence-corrected chi connectivity index (χ2v) is 5.52. The van der Waals surface area contributed by atoms with Gasteiger partial charge in [0.2, 0.25) is 11.7 Å². The fourth-order valence-electron chi connectivity index (χ4n) is 2.20. The molecule has 0 radical (unpaired) electrons. The van der Waals surface area contributed by atoms with E-state index in [2.05, 4.69) is 5.32 Å². The number of nitro benzene ring substituents is 1. The number of hydrogen-bond acceptors (Lipinski definition) is 6. The van der Waals surface area contributed by atoms with Gasteiger partial charge in [-0.2, -0.15) is 0 Å². The molecule has 0 spiro atoms. The van der Waals surface area contributed by atoms with Crippen LogP contribution in [0.15, 0.2) is 42.5 Å². The second-order valence-electron chi connectivity index (χ2n) is 5.52. The molecule has 0 saturated carbocycles. The van der Waals surface area contributed by atoms with E-state index in [4.69, 9.17) is 4.74 Å². The van der Waals surface area contributed by atoms with Gasteiger partial charge in [-0.25, -0.2) is 4.79 Å². The van der Waals surface area contributed by atoms with Crippen LogP contribution in [0.25, 0.3) is 0 Å². The Morgan fingerprint density at radius 2 is 1.85 bits per heavy atom. The van der Waals surface area contributed by atoms with Crippen LogP contribution in [0.4, 0.5) is 11.4 Å². The van der Waals surface area contributed by atoms with Crippen molar-refractivity contribution in [3.05, 3.63) is 69.3 Å². The summed E-state index contributed by atoms with van der Waals surface area (Å²) in [6, 6.07) is 10.1. The number of rotatable bonds is 6. The maximum atomic E-state index is 12.1. The molecule has 26 heavy (non-hydrogen) atoms. The maximum Gasteiger partial charge on any atom is 0.338 e. The lowest BCUT2D eigenvalue weighted by atomic mass is 10.1. The summed E-state index contributed by atoms with van der Waals surface area (Å²) in [5.41, 5.74) is 0.928. The number of ether oxygens (including phenoxy) is 1. The average molecular weight is 356 g/mol. The minimum Gasteiger partial charge on any atom is -0.454 e.